The molecule has 2 aromatic rings. The molecule has 0 atom stereocenters. The summed E-state index contributed by atoms with van der Waals surface area (Å²) in [4.78, 5) is 16.2. The summed E-state index contributed by atoms with van der Waals surface area (Å²) in [5.41, 5.74) is 0.699. The number of hydrogen-bond donors (Lipinski definition) is 1. The molecule has 23 heavy (non-hydrogen) atoms. The quantitative estimate of drug-likeness (QED) is 0.907. The fraction of sp³-hybridized carbons (Fsp3) is 0.250. The molecular formula is C16H18N2O4S. The van der Waals surface area contributed by atoms with Crippen LogP contribution < -0.4 is 9.46 Å². The monoisotopic (exact) mass is 334 g/mol. The summed E-state index contributed by atoms with van der Waals surface area (Å²) in [5, 5.41) is 0. The van der Waals surface area contributed by atoms with E-state index in [0.29, 0.717) is 11.4 Å². The third-order valence-corrected chi connectivity index (χ3v) is 4.46. The predicted molar refractivity (Wildman–Crippen MR) is 85.8 cm³/mol. The Morgan fingerprint density at radius 2 is 1.87 bits per heavy atom. The topological polar surface area (TPSA) is 85.4 Å². The number of carbonyl (C=O) groups excluding carboxylic acids is 1. The summed E-state index contributed by atoms with van der Waals surface area (Å²) in [7, 11) is -3.93. The molecule has 1 aromatic carbocycles. The Morgan fingerprint density at radius 1 is 1.17 bits per heavy atom. The van der Waals surface area contributed by atoms with Crippen LogP contribution in [-0.4, -0.2) is 25.4 Å². The second-order valence-corrected chi connectivity index (χ2v) is 6.90. The van der Waals surface area contributed by atoms with Gasteiger partial charge in [-0.25, -0.2) is 18.1 Å². The lowest BCUT2D eigenvalue weighted by Crippen LogP contribution is -2.31. The number of ether oxygens (including phenoxy) is 1. The average Bonchev–Trinajstić information content (AvgIpc) is 2.47. The molecule has 2 rings (SSSR count). The molecule has 1 heterocycles. The van der Waals surface area contributed by atoms with E-state index in [1.165, 1.54) is 24.4 Å². The highest BCUT2D eigenvalue weighted by atomic mass is 32.2. The minimum atomic E-state index is -3.93. The zero-order valence-corrected chi connectivity index (χ0v) is 13.9. The first-order valence-corrected chi connectivity index (χ1v) is 8.53. The minimum absolute atomic E-state index is 0.0383. The van der Waals surface area contributed by atoms with Gasteiger partial charge in [-0.3, -0.25) is 4.79 Å². The molecule has 1 aromatic heterocycles. The van der Waals surface area contributed by atoms with Gasteiger partial charge < -0.3 is 4.74 Å². The Kier molecular flexibility index (Phi) is 5.00. The van der Waals surface area contributed by atoms with Crippen molar-refractivity contribution in [3.05, 3.63) is 53.7 Å². The zero-order valence-electron chi connectivity index (χ0n) is 13.1. The van der Waals surface area contributed by atoms with Gasteiger partial charge in [0.25, 0.3) is 15.9 Å². The van der Waals surface area contributed by atoms with Crippen LogP contribution in [0.1, 0.15) is 29.8 Å². The van der Waals surface area contributed by atoms with Gasteiger partial charge in [0.15, 0.2) is 0 Å². The van der Waals surface area contributed by atoms with Crippen molar-refractivity contribution in [2.45, 2.75) is 31.8 Å². The molecule has 1 N–H and O–H groups in total. The number of amides is 1. The number of sulfonamides is 1. The molecule has 7 heteroatoms. The van der Waals surface area contributed by atoms with Crippen molar-refractivity contribution in [2.24, 2.45) is 0 Å². The number of nitrogens with zero attached hydrogens (tertiary/aromatic N) is 1. The molecule has 0 spiro atoms. The highest BCUT2D eigenvalue weighted by Gasteiger charge is 2.20. The third-order valence-electron chi connectivity index (χ3n) is 2.97. The van der Waals surface area contributed by atoms with Crippen molar-refractivity contribution in [2.75, 3.05) is 0 Å². The number of pyridine rings is 1. The van der Waals surface area contributed by atoms with Gasteiger partial charge in [-0.2, -0.15) is 0 Å². The summed E-state index contributed by atoms with van der Waals surface area (Å²) in [6.45, 7) is 5.38. The largest absolute Gasteiger partial charge is 0.475 e. The van der Waals surface area contributed by atoms with Crippen LogP contribution in [0.4, 0.5) is 0 Å². The van der Waals surface area contributed by atoms with Crippen LogP contribution in [0.5, 0.6) is 5.88 Å². The second-order valence-electron chi connectivity index (χ2n) is 5.25. The molecule has 0 radical (unpaired) electrons. The normalized spacial score (nSPS) is 11.3. The second kappa shape index (κ2) is 6.78. The molecule has 0 saturated heterocycles. The molecule has 6 nitrogen and oxygen atoms in total. The van der Waals surface area contributed by atoms with Gasteiger partial charge in [0.2, 0.25) is 5.88 Å². The van der Waals surface area contributed by atoms with Crippen molar-refractivity contribution in [3.63, 3.8) is 0 Å². The Morgan fingerprint density at radius 3 is 2.43 bits per heavy atom. The van der Waals surface area contributed by atoms with Gasteiger partial charge >= 0.3 is 0 Å². The maximum Gasteiger partial charge on any atom is 0.266 e. The molecule has 0 fully saturated rings. The first-order valence-electron chi connectivity index (χ1n) is 7.05. The Balaban J connectivity index is 2.17. The lowest BCUT2D eigenvalue weighted by atomic mass is 10.2. The van der Waals surface area contributed by atoms with Gasteiger partial charge in [0.1, 0.15) is 0 Å². The molecule has 0 aliphatic heterocycles. The molecule has 0 aliphatic rings. The summed E-state index contributed by atoms with van der Waals surface area (Å²) in [5.74, 6) is -0.366. The highest BCUT2D eigenvalue weighted by Crippen LogP contribution is 2.15. The molecule has 0 saturated carbocycles. The first-order chi connectivity index (χ1) is 10.8. The van der Waals surface area contributed by atoms with Crippen molar-refractivity contribution >= 4 is 15.9 Å². The number of aryl methyl sites for hydroxylation is 1. The maximum atomic E-state index is 12.3. The molecule has 0 bridgehead atoms. The minimum Gasteiger partial charge on any atom is -0.475 e. The van der Waals surface area contributed by atoms with Crippen molar-refractivity contribution in [3.8, 4) is 5.88 Å². The molecule has 0 aliphatic carbocycles. The van der Waals surface area contributed by atoms with Gasteiger partial charge in [0, 0.05) is 12.3 Å². The Labute approximate surface area is 135 Å². The van der Waals surface area contributed by atoms with E-state index in [-0.39, 0.29) is 16.6 Å². The highest BCUT2D eigenvalue weighted by molar-refractivity contribution is 7.90. The van der Waals surface area contributed by atoms with Gasteiger partial charge in [-0.05, 0) is 38.5 Å². The standard InChI is InChI=1S/C16H18N2O4S/c1-11(2)22-15-9-8-13(10-17-15)16(19)18-23(20,21)14-7-5-4-6-12(14)3/h4-11H,1-3H3,(H,18,19). The average molecular weight is 334 g/mol. The first kappa shape index (κ1) is 17.0. The van der Waals surface area contributed by atoms with Gasteiger partial charge in [0.05, 0.1) is 16.6 Å². The van der Waals surface area contributed by atoms with Crippen LogP contribution in [-0.2, 0) is 10.0 Å². The number of hydrogen-bond acceptors (Lipinski definition) is 5. The van der Waals surface area contributed by atoms with Crippen LogP contribution in [0.25, 0.3) is 0 Å². The molecular weight excluding hydrogens is 316 g/mol. The third kappa shape index (κ3) is 4.29. The van der Waals surface area contributed by atoms with Gasteiger partial charge in [-0.15, -0.1) is 0 Å². The van der Waals surface area contributed by atoms with E-state index in [9.17, 15) is 13.2 Å². The lowest BCUT2D eigenvalue weighted by molar-refractivity contribution is 0.0981. The van der Waals surface area contributed by atoms with Crippen molar-refractivity contribution in [1.29, 1.82) is 0 Å². The summed E-state index contributed by atoms with van der Waals surface area (Å²) in [6.07, 6.45) is 1.24. The molecule has 1 amide bonds. The molecule has 122 valence electrons. The number of benzene rings is 1. The van der Waals surface area contributed by atoms with Crippen LogP contribution in [0, 0.1) is 6.92 Å². The van der Waals surface area contributed by atoms with E-state index in [4.69, 9.17) is 4.74 Å². The van der Waals surface area contributed by atoms with Gasteiger partial charge in [-0.1, -0.05) is 18.2 Å². The predicted octanol–water partition coefficient (Wildman–Crippen LogP) is 2.30. The van der Waals surface area contributed by atoms with E-state index >= 15 is 0 Å². The smallest absolute Gasteiger partial charge is 0.266 e. The fourth-order valence-electron chi connectivity index (χ4n) is 1.92. The van der Waals surface area contributed by atoms with Crippen LogP contribution in [0.2, 0.25) is 0 Å². The van der Waals surface area contributed by atoms with Crippen LogP contribution in [0.15, 0.2) is 47.5 Å². The van der Waals surface area contributed by atoms with Crippen molar-refractivity contribution < 1.29 is 17.9 Å². The van der Waals surface area contributed by atoms with Crippen molar-refractivity contribution in [1.82, 2.24) is 9.71 Å². The van der Waals surface area contributed by atoms with Crippen LogP contribution >= 0.6 is 0 Å². The van der Waals surface area contributed by atoms with E-state index in [0.717, 1.165) is 0 Å². The number of carbonyl (C=O) groups is 1. The summed E-state index contributed by atoms with van der Waals surface area (Å²) < 4.78 is 32.0. The number of rotatable bonds is 5. The molecule has 0 unspecified atom stereocenters. The Bertz CT molecular complexity index is 799. The van der Waals surface area contributed by atoms with E-state index in [2.05, 4.69) is 4.98 Å². The maximum absolute atomic E-state index is 12.3. The summed E-state index contributed by atoms with van der Waals surface area (Å²) >= 11 is 0. The van der Waals surface area contributed by atoms with Crippen LogP contribution in [0.3, 0.4) is 0 Å². The Hall–Kier alpha value is -2.41. The zero-order chi connectivity index (χ0) is 17.0. The number of nitrogens with one attached hydrogen (secondary N) is 1. The van der Waals surface area contributed by atoms with E-state index in [1.54, 1.807) is 25.1 Å². The SMILES string of the molecule is Cc1ccccc1S(=O)(=O)NC(=O)c1ccc(OC(C)C)nc1. The number of aromatic nitrogens is 1. The fourth-order valence-corrected chi connectivity index (χ4v) is 3.14. The van der Waals surface area contributed by atoms with E-state index in [1.807, 2.05) is 18.6 Å². The lowest BCUT2D eigenvalue weighted by Gasteiger charge is -2.10. The van der Waals surface area contributed by atoms with E-state index < -0.39 is 15.9 Å². The summed E-state index contributed by atoms with van der Waals surface area (Å²) in [6, 6.07) is 9.43.